The van der Waals surface area contributed by atoms with Crippen LogP contribution in [0.25, 0.3) is 5.69 Å². The van der Waals surface area contributed by atoms with Crippen LogP contribution in [0, 0.1) is 5.92 Å². The number of benzene rings is 1. The summed E-state index contributed by atoms with van der Waals surface area (Å²) in [7, 11) is 0. The highest BCUT2D eigenvalue weighted by Crippen LogP contribution is 2.29. The molecule has 5 rings (SSSR count). The Hall–Kier alpha value is -2.12. The lowest BCUT2D eigenvalue weighted by Gasteiger charge is -2.33. The van der Waals surface area contributed by atoms with Gasteiger partial charge in [0.1, 0.15) is 5.82 Å². The van der Waals surface area contributed by atoms with Gasteiger partial charge in [0.2, 0.25) is 0 Å². The molecule has 32 heavy (non-hydrogen) atoms. The predicted molar refractivity (Wildman–Crippen MR) is 127 cm³/mol. The van der Waals surface area contributed by atoms with Crippen LogP contribution in [0.1, 0.15) is 63.1 Å². The van der Waals surface area contributed by atoms with E-state index in [4.69, 9.17) is 9.84 Å². The summed E-state index contributed by atoms with van der Waals surface area (Å²) in [5.74, 6) is 2.08. The number of rotatable bonds is 6. The third kappa shape index (κ3) is 5.09. The lowest BCUT2D eigenvalue weighted by molar-refractivity contribution is 0.122. The van der Waals surface area contributed by atoms with Gasteiger partial charge < -0.3 is 14.5 Å². The molecule has 1 saturated carbocycles. The lowest BCUT2D eigenvalue weighted by atomic mass is 9.86. The monoisotopic (exact) mass is 439 g/mol. The van der Waals surface area contributed by atoms with Crippen LogP contribution in [0.5, 0.6) is 0 Å². The molecule has 1 N–H and O–H groups in total. The Morgan fingerprint density at radius 2 is 1.69 bits per heavy atom. The summed E-state index contributed by atoms with van der Waals surface area (Å²) in [6.07, 6.45) is 10.7. The topological polar surface area (TPSA) is 66.4 Å². The van der Waals surface area contributed by atoms with Gasteiger partial charge in [0.15, 0.2) is 0 Å². The molecule has 1 aromatic heterocycles. The molecule has 0 amide bonds. The first-order valence-corrected chi connectivity index (χ1v) is 12.6. The van der Waals surface area contributed by atoms with E-state index in [0.717, 1.165) is 56.7 Å². The van der Waals surface area contributed by atoms with Gasteiger partial charge in [-0.2, -0.15) is 4.68 Å². The van der Waals surface area contributed by atoms with E-state index in [9.17, 15) is 4.79 Å². The molecular formula is C25H37N5O2. The van der Waals surface area contributed by atoms with Gasteiger partial charge in [0, 0.05) is 31.2 Å². The van der Waals surface area contributed by atoms with Crippen LogP contribution in [0.2, 0.25) is 0 Å². The van der Waals surface area contributed by atoms with Crippen molar-refractivity contribution >= 4 is 5.69 Å². The van der Waals surface area contributed by atoms with Crippen molar-refractivity contribution in [1.82, 2.24) is 19.7 Å². The highest BCUT2D eigenvalue weighted by molar-refractivity contribution is 5.51. The van der Waals surface area contributed by atoms with Crippen molar-refractivity contribution in [2.45, 2.75) is 57.3 Å². The first-order chi connectivity index (χ1) is 15.8. The normalized spacial score (nSPS) is 23.5. The number of piperidine rings is 1. The zero-order valence-corrected chi connectivity index (χ0v) is 19.2. The molecule has 1 atom stereocenters. The number of hydrogen-bond donors (Lipinski definition) is 1. The van der Waals surface area contributed by atoms with Gasteiger partial charge in [-0.1, -0.05) is 32.1 Å². The Kier molecular flexibility index (Phi) is 6.93. The number of H-pyrrole nitrogens is 1. The van der Waals surface area contributed by atoms with E-state index in [1.54, 1.807) is 0 Å². The molecule has 1 aromatic carbocycles. The van der Waals surface area contributed by atoms with Crippen LogP contribution < -0.4 is 10.6 Å². The first-order valence-electron chi connectivity index (χ1n) is 12.6. The number of likely N-dealkylation sites (tertiary alicyclic amines) is 1. The highest BCUT2D eigenvalue weighted by atomic mass is 16.5. The van der Waals surface area contributed by atoms with Gasteiger partial charge in [-0.25, -0.2) is 4.79 Å². The molecular weight excluding hydrogens is 402 g/mol. The Bertz CT molecular complexity index is 909. The molecule has 3 heterocycles. The largest absolute Gasteiger partial charge is 0.378 e. The summed E-state index contributed by atoms with van der Waals surface area (Å²) in [5, 5.41) is 4.72. The maximum Gasteiger partial charge on any atom is 0.348 e. The van der Waals surface area contributed by atoms with E-state index < -0.39 is 0 Å². The third-order valence-electron chi connectivity index (χ3n) is 7.58. The standard InChI is InChI=1S/C25H37N5O2/c31-25-26-24(21-7-4-13-28(19-21)14-12-20-5-2-1-3-6-20)27-30(25)23-10-8-22(9-11-23)29-15-17-32-18-16-29/h8-11,20-21H,1-7,12-19H2,(H,26,27,31)/t21-/m0/s1. The molecule has 174 valence electrons. The van der Waals surface area contributed by atoms with Crippen molar-refractivity contribution in [3.63, 3.8) is 0 Å². The summed E-state index contributed by atoms with van der Waals surface area (Å²) < 4.78 is 6.97. The minimum Gasteiger partial charge on any atom is -0.378 e. The fraction of sp³-hybridized carbons (Fsp3) is 0.680. The second-order valence-corrected chi connectivity index (χ2v) is 9.78. The maximum absolute atomic E-state index is 12.7. The Balaban J connectivity index is 1.22. The van der Waals surface area contributed by atoms with Crippen molar-refractivity contribution in [3.8, 4) is 5.69 Å². The quantitative estimate of drug-likeness (QED) is 0.746. The zero-order valence-electron chi connectivity index (χ0n) is 19.2. The van der Waals surface area contributed by atoms with E-state index >= 15 is 0 Å². The Labute approximate surface area is 190 Å². The average molecular weight is 440 g/mol. The number of nitrogens with zero attached hydrogens (tertiary/aromatic N) is 4. The maximum atomic E-state index is 12.7. The summed E-state index contributed by atoms with van der Waals surface area (Å²) in [5.41, 5.74) is 1.85. The fourth-order valence-corrected chi connectivity index (χ4v) is 5.65. The minimum absolute atomic E-state index is 0.140. The molecule has 0 radical (unpaired) electrons. The fourth-order valence-electron chi connectivity index (χ4n) is 5.65. The highest BCUT2D eigenvalue weighted by Gasteiger charge is 2.25. The van der Waals surface area contributed by atoms with E-state index in [0.29, 0.717) is 5.92 Å². The average Bonchev–Trinajstić information content (AvgIpc) is 3.26. The molecule has 2 aromatic rings. The van der Waals surface area contributed by atoms with Gasteiger partial charge in [-0.05, 0) is 62.5 Å². The van der Waals surface area contributed by atoms with Gasteiger partial charge in [-0.3, -0.25) is 4.98 Å². The Morgan fingerprint density at radius 1 is 0.938 bits per heavy atom. The second-order valence-electron chi connectivity index (χ2n) is 9.78. The molecule has 3 fully saturated rings. The van der Waals surface area contributed by atoms with Crippen LogP contribution in [0.15, 0.2) is 29.1 Å². The number of anilines is 1. The molecule has 1 aliphatic carbocycles. The number of hydrogen-bond acceptors (Lipinski definition) is 5. The Morgan fingerprint density at radius 3 is 2.47 bits per heavy atom. The van der Waals surface area contributed by atoms with Crippen LogP contribution in [-0.2, 0) is 4.74 Å². The van der Waals surface area contributed by atoms with E-state index in [1.807, 2.05) is 12.1 Å². The molecule has 3 aliphatic rings. The van der Waals surface area contributed by atoms with Crippen LogP contribution in [0.3, 0.4) is 0 Å². The number of morpholine rings is 1. The van der Waals surface area contributed by atoms with Gasteiger partial charge >= 0.3 is 5.69 Å². The van der Waals surface area contributed by atoms with Crippen molar-refractivity contribution in [2.75, 3.05) is 50.8 Å². The number of aromatic amines is 1. The molecule has 7 nitrogen and oxygen atoms in total. The van der Waals surface area contributed by atoms with Crippen molar-refractivity contribution in [2.24, 2.45) is 5.92 Å². The molecule has 0 spiro atoms. The smallest absolute Gasteiger partial charge is 0.348 e. The summed E-state index contributed by atoms with van der Waals surface area (Å²) in [6, 6.07) is 8.15. The van der Waals surface area contributed by atoms with Gasteiger partial charge in [-0.15, -0.1) is 5.10 Å². The van der Waals surface area contributed by atoms with Gasteiger partial charge in [0.05, 0.1) is 18.9 Å². The van der Waals surface area contributed by atoms with Crippen LogP contribution >= 0.6 is 0 Å². The second kappa shape index (κ2) is 10.2. The minimum atomic E-state index is -0.140. The number of ether oxygens (including phenoxy) is 1. The summed E-state index contributed by atoms with van der Waals surface area (Å²) in [4.78, 5) is 20.7. The van der Waals surface area contributed by atoms with Crippen LogP contribution in [0.4, 0.5) is 5.69 Å². The molecule has 0 unspecified atom stereocenters. The van der Waals surface area contributed by atoms with Crippen molar-refractivity contribution in [1.29, 1.82) is 0 Å². The number of aromatic nitrogens is 3. The van der Waals surface area contributed by atoms with Crippen LogP contribution in [-0.4, -0.2) is 65.6 Å². The lowest BCUT2D eigenvalue weighted by Crippen LogP contribution is -2.36. The zero-order chi connectivity index (χ0) is 21.8. The summed E-state index contributed by atoms with van der Waals surface area (Å²) in [6.45, 7) is 6.73. The molecule has 0 bridgehead atoms. The molecule has 2 aliphatic heterocycles. The molecule has 7 heteroatoms. The molecule has 2 saturated heterocycles. The predicted octanol–water partition coefficient (Wildman–Crippen LogP) is 3.55. The SMILES string of the molecule is O=c1[nH]c([C@H]2CCCN(CCC3CCCCC3)C2)nn1-c1ccc(N2CCOCC2)cc1. The van der Waals surface area contributed by atoms with E-state index in [1.165, 1.54) is 68.4 Å². The summed E-state index contributed by atoms with van der Waals surface area (Å²) >= 11 is 0. The number of nitrogens with one attached hydrogen (secondary N) is 1. The van der Waals surface area contributed by atoms with E-state index in [2.05, 4.69) is 26.9 Å². The third-order valence-corrected chi connectivity index (χ3v) is 7.58. The van der Waals surface area contributed by atoms with E-state index in [-0.39, 0.29) is 5.69 Å². The van der Waals surface area contributed by atoms with Crippen molar-refractivity contribution in [3.05, 3.63) is 40.6 Å². The first kappa shape index (κ1) is 21.7. The van der Waals surface area contributed by atoms with Gasteiger partial charge in [0.25, 0.3) is 0 Å². The van der Waals surface area contributed by atoms with Crippen molar-refractivity contribution < 1.29 is 4.74 Å².